The molecule has 0 saturated carbocycles. The van der Waals surface area contributed by atoms with Crippen molar-refractivity contribution in [3.63, 3.8) is 0 Å². The van der Waals surface area contributed by atoms with Gasteiger partial charge in [-0.1, -0.05) is 12.1 Å². The minimum absolute atomic E-state index is 1.05. The predicted octanol–water partition coefficient (Wildman–Crippen LogP) is 1.50. The maximum atomic E-state index is 5.06. The Morgan fingerprint density at radius 3 is 3.18 bits per heavy atom. The van der Waals surface area contributed by atoms with E-state index in [2.05, 4.69) is 6.07 Å². The van der Waals surface area contributed by atoms with Crippen LogP contribution in [0, 0.1) is 6.07 Å². The maximum absolute atomic E-state index is 5.06. The Kier molecular flexibility index (Phi) is 1.32. The van der Waals surface area contributed by atoms with Crippen molar-refractivity contribution in [3.8, 4) is 0 Å². The van der Waals surface area contributed by atoms with Gasteiger partial charge in [0.2, 0.25) is 0 Å². The third-order valence-electron chi connectivity index (χ3n) is 1.70. The highest BCUT2D eigenvalue weighted by Gasteiger charge is 1.96. The molecular formula is C9H8NO. The van der Waals surface area contributed by atoms with E-state index in [1.165, 1.54) is 5.39 Å². The lowest BCUT2D eigenvalue weighted by atomic mass is 10.3. The van der Waals surface area contributed by atoms with Crippen LogP contribution in [-0.2, 0) is 0 Å². The van der Waals surface area contributed by atoms with Gasteiger partial charge in [-0.2, -0.15) is 4.73 Å². The van der Waals surface area contributed by atoms with Gasteiger partial charge in [-0.15, -0.1) is 0 Å². The molecule has 0 aliphatic carbocycles. The molecule has 0 fully saturated rings. The van der Waals surface area contributed by atoms with E-state index in [1.54, 1.807) is 11.8 Å². The predicted molar refractivity (Wildman–Crippen MR) is 43.3 cm³/mol. The van der Waals surface area contributed by atoms with Gasteiger partial charge in [0.25, 0.3) is 0 Å². The Morgan fingerprint density at radius 1 is 1.45 bits per heavy atom. The summed E-state index contributed by atoms with van der Waals surface area (Å²) in [4.78, 5) is 5.06. The lowest BCUT2D eigenvalue weighted by molar-refractivity contribution is 0.179. The van der Waals surface area contributed by atoms with E-state index in [1.807, 2.05) is 30.5 Å². The van der Waals surface area contributed by atoms with E-state index in [4.69, 9.17) is 4.84 Å². The minimum Gasteiger partial charge on any atom is -0.417 e. The summed E-state index contributed by atoms with van der Waals surface area (Å²) < 4.78 is 1.71. The van der Waals surface area contributed by atoms with Crippen LogP contribution in [0.2, 0.25) is 0 Å². The van der Waals surface area contributed by atoms with E-state index in [0.717, 1.165) is 5.52 Å². The molecule has 0 atom stereocenters. The van der Waals surface area contributed by atoms with Gasteiger partial charge in [0.1, 0.15) is 7.11 Å². The minimum atomic E-state index is 1.05. The van der Waals surface area contributed by atoms with Crippen LogP contribution in [0.1, 0.15) is 0 Å². The Hall–Kier alpha value is -1.44. The van der Waals surface area contributed by atoms with Crippen LogP contribution in [0.3, 0.4) is 0 Å². The van der Waals surface area contributed by atoms with Gasteiger partial charge in [-0.05, 0) is 18.2 Å². The molecule has 2 rings (SSSR count). The highest BCUT2D eigenvalue weighted by atomic mass is 16.6. The van der Waals surface area contributed by atoms with E-state index < -0.39 is 0 Å². The molecule has 2 nitrogen and oxygen atoms in total. The highest BCUT2D eigenvalue weighted by Crippen LogP contribution is 2.12. The number of benzene rings is 1. The zero-order chi connectivity index (χ0) is 7.68. The third kappa shape index (κ3) is 0.871. The number of aromatic nitrogens is 1. The molecule has 0 aliphatic rings. The summed E-state index contributed by atoms with van der Waals surface area (Å²) in [6.45, 7) is 0. The molecule has 55 valence electrons. The first-order valence-electron chi connectivity index (χ1n) is 3.43. The Morgan fingerprint density at radius 2 is 2.36 bits per heavy atom. The molecule has 0 N–H and O–H groups in total. The van der Waals surface area contributed by atoms with Crippen LogP contribution < -0.4 is 4.84 Å². The Labute approximate surface area is 65.0 Å². The lowest BCUT2D eigenvalue weighted by Gasteiger charge is -1.99. The van der Waals surface area contributed by atoms with Gasteiger partial charge >= 0.3 is 0 Å². The second kappa shape index (κ2) is 2.31. The molecule has 1 radical (unpaired) electrons. The molecule has 2 aromatic rings. The summed E-state index contributed by atoms with van der Waals surface area (Å²) in [5, 5.41) is 1.17. The van der Waals surface area contributed by atoms with Crippen molar-refractivity contribution < 1.29 is 4.84 Å². The van der Waals surface area contributed by atoms with Gasteiger partial charge in [-0.25, -0.2) is 0 Å². The molecule has 1 heterocycles. The topological polar surface area (TPSA) is 14.2 Å². The van der Waals surface area contributed by atoms with Crippen molar-refractivity contribution in [2.45, 2.75) is 0 Å². The fourth-order valence-electron chi connectivity index (χ4n) is 1.15. The number of nitrogens with zero attached hydrogens (tertiary/aromatic N) is 1. The summed E-state index contributed by atoms with van der Waals surface area (Å²) >= 11 is 0. The summed E-state index contributed by atoms with van der Waals surface area (Å²) in [7, 11) is 1.65. The van der Waals surface area contributed by atoms with Crippen LogP contribution in [0.5, 0.6) is 0 Å². The zero-order valence-corrected chi connectivity index (χ0v) is 6.24. The highest BCUT2D eigenvalue weighted by molar-refractivity contribution is 5.79. The monoisotopic (exact) mass is 146 g/mol. The van der Waals surface area contributed by atoms with Crippen molar-refractivity contribution in [2.24, 2.45) is 0 Å². The summed E-state index contributed by atoms with van der Waals surface area (Å²) in [5.74, 6) is 0. The molecule has 11 heavy (non-hydrogen) atoms. The molecule has 1 aromatic carbocycles. The molecular weight excluding hydrogens is 138 g/mol. The first kappa shape index (κ1) is 6.28. The quantitative estimate of drug-likeness (QED) is 0.594. The second-order valence-electron chi connectivity index (χ2n) is 2.31. The number of fused-ring (bicyclic) bond motifs is 1. The summed E-state index contributed by atoms with van der Waals surface area (Å²) in [6, 6.07) is 10.8. The lowest BCUT2D eigenvalue weighted by Crippen LogP contribution is -2.02. The van der Waals surface area contributed by atoms with E-state index >= 15 is 0 Å². The fourth-order valence-corrected chi connectivity index (χ4v) is 1.15. The van der Waals surface area contributed by atoms with Gasteiger partial charge in [-0.3, -0.25) is 0 Å². The molecule has 0 unspecified atom stereocenters. The average molecular weight is 146 g/mol. The molecule has 2 heteroatoms. The van der Waals surface area contributed by atoms with Crippen molar-refractivity contribution >= 4 is 10.9 Å². The van der Waals surface area contributed by atoms with Gasteiger partial charge < -0.3 is 4.84 Å². The van der Waals surface area contributed by atoms with E-state index in [9.17, 15) is 0 Å². The maximum Gasteiger partial charge on any atom is 0.104 e. The van der Waals surface area contributed by atoms with Crippen molar-refractivity contribution in [1.29, 1.82) is 0 Å². The molecule has 0 amide bonds. The smallest absolute Gasteiger partial charge is 0.104 e. The van der Waals surface area contributed by atoms with Crippen LogP contribution >= 0.6 is 0 Å². The molecule has 0 bridgehead atoms. The number of rotatable bonds is 1. The Balaban J connectivity index is 2.76. The molecule has 0 saturated heterocycles. The van der Waals surface area contributed by atoms with Crippen LogP contribution in [0.4, 0.5) is 0 Å². The molecule has 1 aromatic heterocycles. The van der Waals surface area contributed by atoms with Crippen molar-refractivity contribution in [2.75, 3.05) is 7.11 Å². The fraction of sp³-hybridized carbons (Fsp3) is 0.111. The standard InChI is InChI=1S/C9H8NO/c1-11-10-7-6-8-4-2-3-5-9(8)10/h2,4-7H,1H3. The van der Waals surface area contributed by atoms with E-state index in [-0.39, 0.29) is 0 Å². The van der Waals surface area contributed by atoms with Crippen molar-refractivity contribution in [3.05, 3.63) is 36.5 Å². The van der Waals surface area contributed by atoms with E-state index in [0.29, 0.717) is 0 Å². The number of hydrogen-bond donors (Lipinski definition) is 0. The Bertz CT molecular complexity index is 364. The SMILES string of the molecule is COn1ccc2cc[c]cc21. The largest absolute Gasteiger partial charge is 0.417 e. The first-order chi connectivity index (χ1) is 5.42. The van der Waals surface area contributed by atoms with Crippen LogP contribution in [0.15, 0.2) is 30.5 Å². The van der Waals surface area contributed by atoms with Gasteiger partial charge in [0, 0.05) is 11.6 Å². The van der Waals surface area contributed by atoms with Gasteiger partial charge in [0.15, 0.2) is 0 Å². The van der Waals surface area contributed by atoms with Gasteiger partial charge in [0.05, 0.1) is 5.52 Å². The van der Waals surface area contributed by atoms with Crippen LogP contribution in [-0.4, -0.2) is 11.8 Å². The first-order valence-corrected chi connectivity index (χ1v) is 3.43. The molecule has 0 spiro atoms. The second-order valence-corrected chi connectivity index (χ2v) is 2.31. The number of hydrogen-bond acceptors (Lipinski definition) is 1. The molecule has 0 aliphatic heterocycles. The zero-order valence-electron chi connectivity index (χ0n) is 6.24. The summed E-state index contributed by atoms with van der Waals surface area (Å²) in [6.07, 6.45) is 1.89. The normalized spacial score (nSPS) is 10.3. The van der Waals surface area contributed by atoms with Crippen molar-refractivity contribution in [1.82, 2.24) is 4.73 Å². The average Bonchev–Trinajstić information content (AvgIpc) is 2.47. The third-order valence-corrected chi connectivity index (χ3v) is 1.70. The summed E-state index contributed by atoms with van der Waals surface area (Å²) in [5.41, 5.74) is 1.05. The van der Waals surface area contributed by atoms with Crippen LogP contribution in [0.25, 0.3) is 10.9 Å².